The zero-order valence-electron chi connectivity index (χ0n) is 9.41. The van der Waals surface area contributed by atoms with E-state index in [9.17, 15) is 9.59 Å². The molecule has 1 aromatic rings. The Kier molecular flexibility index (Phi) is 3.94. The van der Waals surface area contributed by atoms with Gasteiger partial charge in [0.05, 0.1) is 0 Å². The Labute approximate surface area is 109 Å². The van der Waals surface area contributed by atoms with Crippen molar-refractivity contribution < 1.29 is 9.59 Å². The van der Waals surface area contributed by atoms with Gasteiger partial charge in [-0.3, -0.25) is 9.59 Å². The van der Waals surface area contributed by atoms with Crippen molar-refractivity contribution in [2.24, 2.45) is 0 Å². The molecule has 1 aliphatic carbocycles. The maximum Gasteiger partial charge on any atom is 0.251 e. The largest absolute Gasteiger partial charge is 0.349 e. The number of nitrogens with one attached hydrogen (secondary N) is 1. The van der Waals surface area contributed by atoms with Crippen LogP contribution in [-0.2, 0) is 4.79 Å². The van der Waals surface area contributed by atoms with Crippen LogP contribution in [-0.4, -0.2) is 17.7 Å². The van der Waals surface area contributed by atoms with Crippen LogP contribution in [0, 0.1) is 0 Å². The van der Waals surface area contributed by atoms with Gasteiger partial charge in [-0.2, -0.15) is 0 Å². The van der Waals surface area contributed by atoms with Gasteiger partial charge in [0, 0.05) is 28.9 Å². The lowest BCUT2D eigenvalue weighted by Crippen LogP contribution is -2.37. The Morgan fingerprint density at radius 3 is 2.65 bits per heavy atom. The van der Waals surface area contributed by atoms with Crippen molar-refractivity contribution in [3.8, 4) is 0 Å². The van der Waals surface area contributed by atoms with E-state index in [4.69, 9.17) is 0 Å². The Morgan fingerprint density at radius 2 is 2.00 bits per heavy atom. The SMILES string of the molecule is O=C1CCC(NC(=O)c2cccc(Br)c2)CC1. The van der Waals surface area contributed by atoms with Crippen LogP contribution in [0.5, 0.6) is 0 Å². The van der Waals surface area contributed by atoms with Gasteiger partial charge in [-0.25, -0.2) is 0 Å². The van der Waals surface area contributed by atoms with E-state index in [1.807, 2.05) is 12.1 Å². The molecule has 0 atom stereocenters. The average molecular weight is 296 g/mol. The van der Waals surface area contributed by atoms with Crippen LogP contribution >= 0.6 is 15.9 Å². The van der Waals surface area contributed by atoms with Crippen molar-refractivity contribution in [3.05, 3.63) is 34.3 Å². The van der Waals surface area contributed by atoms with E-state index in [2.05, 4.69) is 21.2 Å². The first-order chi connectivity index (χ1) is 8.15. The summed E-state index contributed by atoms with van der Waals surface area (Å²) in [7, 11) is 0. The van der Waals surface area contributed by atoms with Crippen LogP contribution in [0.25, 0.3) is 0 Å². The van der Waals surface area contributed by atoms with Gasteiger partial charge in [0.15, 0.2) is 0 Å². The first-order valence-corrected chi connectivity index (χ1v) is 6.52. The molecule has 0 aromatic heterocycles. The molecule has 1 N–H and O–H groups in total. The van der Waals surface area contributed by atoms with Gasteiger partial charge in [0.25, 0.3) is 5.91 Å². The monoisotopic (exact) mass is 295 g/mol. The van der Waals surface area contributed by atoms with Crippen LogP contribution in [0.3, 0.4) is 0 Å². The van der Waals surface area contributed by atoms with E-state index in [0.29, 0.717) is 24.2 Å². The molecule has 1 fully saturated rings. The molecule has 0 heterocycles. The summed E-state index contributed by atoms with van der Waals surface area (Å²) < 4.78 is 0.893. The molecule has 0 unspecified atom stereocenters. The van der Waals surface area contributed by atoms with Crippen LogP contribution in [0.1, 0.15) is 36.0 Å². The Balaban J connectivity index is 1.95. The Bertz CT molecular complexity index is 435. The highest BCUT2D eigenvalue weighted by Crippen LogP contribution is 2.16. The molecule has 0 radical (unpaired) electrons. The fourth-order valence-corrected chi connectivity index (χ4v) is 2.38. The molecular formula is C13H14BrNO2. The summed E-state index contributed by atoms with van der Waals surface area (Å²) in [6.45, 7) is 0. The number of carbonyl (C=O) groups excluding carboxylic acids is 2. The molecule has 17 heavy (non-hydrogen) atoms. The molecule has 1 aromatic carbocycles. The molecule has 1 saturated carbocycles. The summed E-state index contributed by atoms with van der Waals surface area (Å²) in [6, 6.07) is 7.44. The van der Waals surface area contributed by atoms with Gasteiger partial charge in [-0.05, 0) is 31.0 Å². The summed E-state index contributed by atoms with van der Waals surface area (Å²) in [5.74, 6) is 0.239. The van der Waals surface area contributed by atoms with Gasteiger partial charge in [-0.15, -0.1) is 0 Å². The summed E-state index contributed by atoms with van der Waals surface area (Å²) in [5, 5.41) is 2.97. The van der Waals surface area contributed by atoms with Crippen molar-refractivity contribution in [3.63, 3.8) is 0 Å². The molecule has 3 nitrogen and oxygen atoms in total. The molecule has 2 rings (SSSR count). The number of halogens is 1. The fraction of sp³-hybridized carbons (Fsp3) is 0.385. The lowest BCUT2D eigenvalue weighted by atomic mass is 9.94. The fourth-order valence-electron chi connectivity index (χ4n) is 1.98. The molecular weight excluding hydrogens is 282 g/mol. The predicted molar refractivity (Wildman–Crippen MR) is 68.9 cm³/mol. The third kappa shape index (κ3) is 3.40. The Hall–Kier alpha value is -1.16. The maximum absolute atomic E-state index is 11.9. The standard InChI is InChI=1S/C13H14BrNO2/c14-10-3-1-2-9(8-10)13(17)15-11-4-6-12(16)7-5-11/h1-3,8,11H,4-7H2,(H,15,17). The predicted octanol–water partition coefficient (Wildman–Crippen LogP) is 2.69. The van der Waals surface area contributed by atoms with Crippen LogP contribution < -0.4 is 5.32 Å². The van der Waals surface area contributed by atoms with E-state index < -0.39 is 0 Å². The first kappa shape index (κ1) is 12.3. The van der Waals surface area contributed by atoms with Crippen LogP contribution in [0.2, 0.25) is 0 Å². The third-order valence-electron chi connectivity index (χ3n) is 2.97. The van der Waals surface area contributed by atoms with Crippen LogP contribution in [0.15, 0.2) is 28.7 Å². The van der Waals surface area contributed by atoms with Gasteiger partial charge >= 0.3 is 0 Å². The van der Waals surface area contributed by atoms with Gasteiger partial charge in [0.1, 0.15) is 5.78 Å². The number of Topliss-reactive ketones (excluding diaryl/α,β-unsaturated/α-hetero) is 1. The molecule has 0 bridgehead atoms. The minimum absolute atomic E-state index is 0.0642. The van der Waals surface area contributed by atoms with Crippen LogP contribution in [0.4, 0.5) is 0 Å². The lowest BCUT2D eigenvalue weighted by Gasteiger charge is -2.22. The third-order valence-corrected chi connectivity index (χ3v) is 3.46. The highest BCUT2D eigenvalue weighted by molar-refractivity contribution is 9.10. The first-order valence-electron chi connectivity index (χ1n) is 5.73. The average Bonchev–Trinajstić information content (AvgIpc) is 2.32. The number of rotatable bonds is 2. The van der Waals surface area contributed by atoms with Gasteiger partial charge < -0.3 is 5.32 Å². The quantitative estimate of drug-likeness (QED) is 0.912. The number of amides is 1. The highest BCUT2D eigenvalue weighted by atomic mass is 79.9. The highest BCUT2D eigenvalue weighted by Gasteiger charge is 2.20. The Morgan fingerprint density at radius 1 is 1.29 bits per heavy atom. The maximum atomic E-state index is 11.9. The number of carbonyl (C=O) groups is 2. The van der Waals surface area contributed by atoms with Crippen molar-refractivity contribution in [1.29, 1.82) is 0 Å². The minimum atomic E-state index is -0.0642. The molecule has 4 heteroatoms. The van der Waals surface area contributed by atoms with E-state index in [-0.39, 0.29) is 11.9 Å². The van der Waals surface area contributed by atoms with Crippen molar-refractivity contribution in [1.82, 2.24) is 5.32 Å². The van der Waals surface area contributed by atoms with E-state index in [0.717, 1.165) is 17.3 Å². The van der Waals surface area contributed by atoms with Gasteiger partial charge in [0.2, 0.25) is 0 Å². The summed E-state index contributed by atoms with van der Waals surface area (Å²) in [5.41, 5.74) is 0.649. The summed E-state index contributed by atoms with van der Waals surface area (Å²) in [4.78, 5) is 23.0. The second-order valence-corrected chi connectivity index (χ2v) is 5.21. The molecule has 0 spiro atoms. The summed E-state index contributed by atoms with van der Waals surface area (Å²) in [6.07, 6.45) is 2.70. The van der Waals surface area contributed by atoms with Gasteiger partial charge in [-0.1, -0.05) is 22.0 Å². The second kappa shape index (κ2) is 5.45. The van der Waals surface area contributed by atoms with Crippen molar-refractivity contribution in [2.75, 3.05) is 0 Å². The smallest absolute Gasteiger partial charge is 0.251 e. The second-order valence-electron chi connectivity index (χ2n) is 4.30. The van der Waals surface area contributed by atoms with Crippen molar-refractivity contribution in [2.45, 2.75) is 31.7 Å². The zero-order valence-corrected chi connectivity index (χ0v) is 11.0. The zero-order chi connectivity index (χ0) is 12.3. The van der Waals surface area contributed by atoms with E-state index in [1.54, 1.807) is 12.1 Å². The topological polar surface area (TPSA) is 46.2 Å². The number of hydrogen-bond donors (Lipinski definition) is 1. The normalized spacial score (nSPS) is 16.9. The van der Waals surface area contributed by atoms with E-state index >= 15 is 0 Å². The van der Waals surface area contributed by atoms with E-state index in [1.165, 1.54) is 0 Å². The molecule has 0 saturated heterocycles. The summed E-state index contributed by atoms with van der Waals surface area (Å²) >= 11 is 3.34. The lowest BCUT2D eigenvalue weighted by molar-refractivity contribution is -0.120. The molecule has 1 amide bonds. The minimum Gasteiger partial charge on any atom is -0.349 e. The number of hydrogen-bond acceptors (Lipinski definition) is 2. The number of benzene rings is 1. The molecule has 90 valence electrons. The molecule has 1 aliphatic rings. The number of ketones is 1. The molecule has 0 aliphatic heterocycles. The van der Waals surface area contributed by atoms with Crippen molar-refractivity contribution >= 4 is 27.6 Å².